The van der Waals surface area contributed by atoms with Crippen molar-refractivity contribution in [3.05, 3.63) is 22.7 Å². The fraction of sp³-hybridized carbons (Fsp3) is 0.684. The standard InChI is InChI=1S/C19H29ClN2O3/c1-24-18-8-19(25-2)17(20)7-14(18)9-22-11-15(16(12-22)13-23)10-21-5-3-4-6-21/h7-8,15-16,23H,3-6,9-13H2,1-2H3/t15-,16-/m1/s1. The molecule has 1 N–H and O–H groups in total. The third-order valence-electron chi connectivity index (χ3n) is 5.53. The van der Waals surface area contributed by atoms with Gasteiger partial charge in [-0.1, -0.05) is 11.6 Å². The number of rotatable bonds is 7. The molecule has 0 amide bonds. The Morgan fingerprint density at radius 3 is 2.36 bits per heavy atom. The van der Waals surface area contributed by atoms with Crippen LogP contribution < -0.4 is 9.47 Å². The van der Waals surface area contributed by atoms with Crippen molar-refractivity contribution in [1.82, 2.24) is 9.80 Å². The van der Waals surface area contributed by atoms with Gasteiger partial charge < -0.3 is 19.5 Å². The first-order valence-corrected chi connectivity index (χ1v) is 9.48. The summed E-state index contributed by atoms with van der Waals surface area (Å²) in [7, 11) is 3.28. The zero-order valence-electron chi connectivity index (χ0n) is 15.2. The lowest BCUT2D eigenvalue weighted by atomic mass is 9.96. The van der Waals surface area contributed by atoms with E-state index < -0.39 is 0 Å². The van der Waals surface area contributed by atoms with Crippen molar-refractivity contribution in [1.29, 1.82) is 0 Å². The van der Waals surface area contributed by atoms with Crippen molar-refractivity contribution in [3.63, 3.8) is 0 Å². The number of hydrogen-bond donors (Lipinski definition) is 1. The number of ether oxygens (including phenoxy) is 2. The average Bonchev–Trinajstić information content (AvgIpc) is 3.25. The highest BCUT2D eigenvalue weighted by atomic mass is 35.5. The molecule has 2 atom stereocenters. The van der Waals surface area contributed by atoms with E-state index in [-0.39, 0.29) is 6.61 Å². The highest BCUT2D eigenvalue weighted by Crippen LogP contribution is 2.35. The summed E-state index contributed by atoms with van der Waals surface area (Å²) in [4.78, 5) is 4.95. The molecule has 0 aromatic heterocycles. The van der Waals surface area contributed by atoms with Crippen LogP contribution in [0, 0.1) is 11.8 Å². The number of hydrogen-bond acceptors (Lipinski definition) is 5. The molecule has 2 aliphatic rings. The summed E-state index contributed by atoms with van der Waals surface area (Å²) in [6.07, 6.45) is 2.61. The second-order valence-electron chi connectivity index (χ2n) is 7.20. The Hall–Kier alpha value is -1.01. The van der Waals surface area contributed by atoms with Crippen LogP contribution in [-0.4, -0.2) is 68.5 Å². The van der Waals surface area contributed by atoms with Gasteiger partial charge in [-0.05, 0) is 43.8 Å². The van der Waals surface area contributed by atoms with E-state index in [0.29, 0.717) is 22.6 Å². The normalized spacial score (nSPS) is 24.8. The van der Waals surface area contributed by atoms with E-state index in [1.807, 2.05) is 12.1 Å². The molecule has 5 nitrogen and oxygen atoms in total. The van der Waals surface area contributed by atoms with Crippen molar-refractivity contribution in [2.75, 3.05) is 53.6 Å². The Morgan fingerprint density at radius 1 is 1.04 bits per heavy atom. The van der Waals surface area contributed by atoms with Gasteiger partial charge in [-0.3, -0.25) is 4.90 Å². The second kappa shape index (κ2) is 8.58. The molecule has 0 unspecified atom stereocenters. The Balaban J connectivity index is 1.67. The van der Waals surface area contributed by atoms with Gasteiger partial charge in [0.25, 0.3) is 0 Å². The maximum atomic E-state index is 9.80. The summed E-state index contributed by atoms with van der Waals surface area (Å²) in [6, 6.07) is 3.78. The highest BCUT2D eigenvalue weighted by molar-refractivity contribution is 6.32. The summed E-state index contributed by atoms with van der Waals surface area (Å²) < 4.78 is 10.8. The van der Waals surface area contributed by atoms with Gasteiger partial charge in [0.05, 0.1) is 19.2 Å². The monoisotopic (exact) mass is 368 g/mol. The lowest BCUT2D eigenvalue weighted by Crippen LogP contribution is -2.31. The number of halogens is 1. The van der Waals surface area contributed by atoms with Gasteiger partial charge in [-0.15, -0.1) is 0 Å². The van der Waals surface area contributed by atoms with Gasteiger partial charge in [-0.2, -0.15) is 0 Å². The fourth-order valence-corrected chi connectivity index (χ4v) is 4.43. The van der Waals surface area contributed by atoms with Crippen molar-refractivity contribution in [3.8, 4) is 11.5 Å². The zero-order chi connectivity index (χ0) is 17.8. The topological polar surface area (TPSA) is 45.2 Å². The van der Waals surface area contributed by atoms with Crippen molar-refractivity contribution in [2.45, 2.75) is 19.4 Å². The van der Waals surface area contributed by atoms with E-state index >= 15 is 0 Å². The smallest absolute Gasteiger partial charge is 0.141 e. The number of aliphatic hydroxyl groups is 1. The Morgan fingerprint density at radius 2 is 1.72 bits per heavy atom. The molecule has 1 aromatic rings. The van der Waals surface area contributed by atoms with E-state index in [1.54, 1.807) is 14.2 Å². The molecule has 140 valence electrons. The first kappa shape index (κ1) is 18.8. The Kier molecular flexibility index (Phi) is 6.44. The number of methoxy groups -OCH3 is 2. The van der Waals surface area contributed by atoms with E-state index in [4.69, 9.17) is 21.1 Å². The summed E-state index contributed by atoms with van der Waals surface area (Å²) >= 11 is 6.30. The van der Waals surface area contributed by atoms with Gasteiger partial charge >= 0.3 is 0 Å². The second-order valence-corrected chi connectivity index (χ2v) is 7.61. The van der Waals surface area contributed by atoms with E-state index in [1.165, 1.54) is 25.9 Å². The molecule has 3 rings (SSSR count). The zero-order valence-corrected chi connectivity index (χ0v) is 16.0. The van der Waals surface area contributed by atoms with Crippen LogP contribution in [0.15, 0.2) is 12.1 Å². The van der Waals surface area contributed by atoms with Crippen molar-refractivity contribution >= 4 is 11.6 Å². The summed E-state index contributed by atoms with van der Waals surface area (Å²) in [5, 5.41) is 10.4. The lowest BCUT2D eigenvalue weighted by molar-refractivity contribution is 0.175. The third-order valence-corrected chi connectivity index (χ3v) is 5.82. The minimum atomic E-state index is 0.259. The van der Waals surface area contributed by atoms with Gasteiger partial charge in [0.1, 0.15) is 11.5 Å². The van der Waals surface area contributed by atoms with Gasteiger partial charge in [0.2, 0.25) is 0 Å². The molecule has 25 heavy (non-hydrogen) atoms. The number of nitrogens with zero attached hydrogens (tertiary/aromatic N) is 2. The number of benzene rings is 1. The SMILES string of the molecule is COc1cc(OC)c(CN2C[C@@H](CN3CCCC3)[C@@H](CO)C2)cc1Cl. The third kappa shape index (κ3) is 4.40. The molecule has 0 saturated carbocycles. The molecule has 0 aliphatic carbocycles. The average molecular weight is 369 g/mol. The Labute approximate surface area is 155 Å². The van der Waals surface area contributed by atoms with Crippen LogP contribution in [0.2, 0.25) is 5.02 Å². The number of aliphatic hydroxyl groups excluding tert-OH is 1. The van der Waals surface area contributed by atoms with Crippen LogP contribution in [0.25, 0.3) is 0 Å². The molecule has 2 saturated heterocycles. The highest BCUT2D eigenvalue weighted by Gasteiger charge is 2.34. The van der Waals surface area contributed by atoms with Crippen LogP contribution in [0.4, 0.5) is 0 Å². The van der Waals surface area contributed by atoms with Crippen LogP contribution in [-0.2, 0) is 6.54 Å². The maximum absolute atomic E-state index is 9.80. The molecule has 2 heterocycles. The first-order chi connectivity index (χ1) is 12.1. The largest absolute Gasteiger partial charge is 0.496 e. The fourth-order valence-electron chi connectivity index (χ4n) is 4.16. The van der Waals surface area contributed by atoms with Gasteiger partial charge in [0.15, 0.2) is 0 Å². The van der Waals surface area contributed by atoms with E-state index in [0.717, 1.165) is 37.5 Å². The molecule has 6 heteroatoms. The summed E-state index contributed by atoms with van der Waals surface area (Å²) in [6.45, 7) is 6.47. The first-order valence-electron chi connectivity index (χ1n) is 9.10. The van der Waals surface area contributed by atoms with Crippen molar-refractivity contribution in [2.24, 2.45) is 11.8 Å². The number of likely N-dealkylation sites (tertiary alicyclic amines) is 2. The summed E-state index contributed by atoms with van der Waals surface area (Å²) in [5.41, 5.74) is 1.06. The maximum Gasteiger partial charge on any atom is 0.141 e. The predicted molar refractivity (Wildman–Crippen MR) is 99.6 cm³/mol. The van der Waals surface area contributed by atoms with Gasteiger partial charge in [0, 0.05) is 44.4 Å². The van der Waals surface area contributed by atoms with E-state index in [9.17, 15) is 5.11 Å². The molecule has 2 fully saturated rings. The minimum absolute atomic E-state index is 0.259. The van der Waals surface area contributed by atoms with Crippen LogP contribution in [0.5, 0.6) is 11.5 Å². The molecule has 0 bridgehead atoms. The predicted octanol–water partition coefficient (Wildman–Crippen LogP) is 2.49. The van der Waals surface area contributed by atoms with Gasteiger partial charge in [-0.25, -0.2) is 0 Å². The quantitative estimate of drug-likeness (QED) is 0.801. The van der Waals surface area contributed by atoms with Crippen LogP contribution >= 0.6 is 11.6 Å². The van der Waals surface area contributed by atoms with Crippen LogP contribution in [0.1, 0.15) is 18.4 Å². The minimum Gasteiger partial charge on any atom is -0.496 e. The molecule has 1 aromatic carbocycles. The lowest BCUT2D eigenvalue weighted by Gasteiger charge is -2.23. The molecule has 0 spiro atoms. The summed E-state index contributed by atoms with van der Waals surface area (Å²) in [5.74, 6) is 2.30. The Bertz CT molecular complexity index is 578. The van der Waals surface area contributed by atoms with E-state index in [2.05, 4.69) is 9.80 Å². The van der Waals surface area contributed by atoms with Crippen LogP contribution in [0.3, 0.4) is 0 Å². The van der Waals surface area contributed by atoms with Crippen molar-refractivity contribution < 1.29 is 14.6 Å². The molecular weight excluding hydrogens is 340 g/mol. The molecule has 2 aliphatic heterocycles. The molecule has 0 radical (unpaired) electrons. The molecular formula is C19H29ClN2O3.